The van der Waals surface area contributed by atoms with Gasteiger partial charge in [0.2, 0.25) is 5.75 Å². The largest absolute Gasteiger partial charge is 0.508 e. The van der Waals surface area contributed by atoms with Crippen LogP contribution < -0.4 is 18.9 Å². The summed E-state index contributed by atoms with van der Waals surface area (Å²) in [5.74, 6) is 2.22. The molecule has 1 amide bonds. The van der Waals surface area contributed by atoms with Crippen LogP contribution in [-0.2, 0) is 0 Å². The molecule has 3 aromatic carbocycles. The molecule has 0 saturated carbocycles. The Morgan fingerprint density at radius 1 is 1.02 bits per heavy atom. The van der Waals surface area contributed by atoms with Gasteiger partial charge in [-0.2, -0.15) is 0 Å². The van der Waals surface area contributed by atoms with Gasteiger partial charge in [-0.3, -0.25) is 19.9 Å². The molecule has 0 spiro atoms. The Morgan fingerprint density at radius 3 is 2.41 bits per heavy atom. The Labute approximate surface area is 257 Å². The number of aliphatic imine (C=N–C) groups is 1. The van der Waals surface area contributed by atoms with Crippen molar-refractivity contribution < 1.29 is 33.8 Å². The van der Waals surface area contributed by atoms with Gasteiger partial charge in [0, 0.05) is 31.0 Å². The van der Waals surface area contributed by atoms with Crippen molar-refractivity contribution in [1.82, 2.24) is 4.90 Å². The Hall–Kier alpha value is -4.80. The first kappa shape index (κ1) is 32.1. The third kappa shape index (κ3) is 7.77. The Balaban J connectivity index is 0.000000209. The van der Waals surface area contributed by atoms with E-state index in [0.29, 0.717) is 40.9 Å². The summed E-state index contributed by atoms with van der Waals surface area (Å²) < 4.78 is 21.9. The second-order valence-electron chi connectivity index (χ2n) is 11.4. The molecule has 2 heterocycles. The van der Waals surface area contributed by atoms with Gasteiger partial charge in [-0.15, -0.1) is 0 Å². The highest BCUT2D eigenvalue weighted by atomic mass is 16.6. The summed E-state index contributed by atoms with van der Waals surface area (Å²) in [4.78, 5) is 29.6. The molecule has 0 bridgehead atoms. The topological polar surface area (TPSA) is 133 Å². The number of nitro benzene ring substituents is 1. The molecule has 11 heteroatoms. The summed E-state index contributed by atoms with van der Waals surface area (Å²) in [6.45, 7) is 7.96. The van der Waals surface area contributed by atoms with Crippen LogP contribution in [0.3, 0.4) is 0 Å². The van der Waals surface area contributed by atoms with E-state index in [1.54, 1.807) is 37.4 Å². The number of amides is 1. The van der Waals surface area contributed by atoms with Crippen molar-refractivity contribution in [2.45, 2.75) is 52.5 Å². The molecule has 44 heavy (non-hydrogen) atoms. The summed E-state index contributed by atoms with van der Waals surface area (Å²) in [6.07, 6.45) is 6.12. The molecular formula is C33H39N3O8. The van der Waals surface area contributed by atoms with Gasteiger partial charge >= 0.3 is 5.69 Å². The van der Waals surface area contributed by atoms with Gasteiger partial charge in [0.1, 0.15) is 17.2 Å². The van der Waals surface area contributed by atoms with E-state index in [4.69, 9.17) is 18.9 Å². The number of hydrogen-bond acceptors (Lipinski definition) is 9. The summed E-state index contributed by atoms with van der Waals surface area (Å²) in [7, 11) is 3.14. The van der Waals surface area contributed by atoms with Crippen LogP contribution in [-0.4, -0.2) is 60.5 Å². The Bertz CT molecular complexity index is 1500. The Morgan fingerprint density at radius 2 is 1.75 bits per heavy atom. The zero-order chi connectivity index (χ0) is 31.9. The SMILES string of the molecule is CCCC(C)(C)COc1cc2c(cc1OC)C(=O)N1CCCC1C=N2.COc1ccc(Oc2cc(O)ccc2[N+](=O)[O-])cc1. The minimum Gasteiger partial charge on any atom is -0.508 e. The molecule has 5 rings (SSSR count). The number of phenols is 1. The van der Waals surface area contributed by atoms with Crippen molar-refractivity contribution in [3.63, 3.8) is 0 Å². The molecule has 0 aromatic heterocycles. The van der Waals surface area contributed by atoms with Gasteiger partial charge in [0.15, 0.2) is 11.5 Å². The molecule has 3 aromatic rings. The van der Waals surface area contributed by atoms with Gasteiger partial charge in [-0.1, -0.05) is 27.2 Å². The first-order chi connectivity index (χ1) is 21.0. The lowest BCUT2D eigenvalue weighted by Gasteiger charge is -2.25. The van der Waals surface area contributed by atoms with E-state index < -0.39 is 4.92 Å². The molecule has 1 saturated heterocycles. The van der Waals surface area contributed by atoms with Crippen LogP contribution in [0.15, 0.2) is 59.6 Å². The van der Waals surface area contributed by atoms with E-state index in [0.717, 1.165) is 32.2 Å². The lowest BCUT2D eigenvalue weighted by Crippen LogP contribution is -2.35. The van der Waals surface area contributed by atoms with Gasteiger partial charge in [0.05, 0.1) is 43.0 Å². The fourth-order valence-electron chi connectivity index (χ4n) is 5.15. The molecule has 1 fully saturated rings. The van der Waals surface area contributed by atoms with E-state index in [2.05, 4.69) is 25.8 Å². The highest BCUT2D eigenvalue weighted by Crippen LogP contribution is 2.39. The predicted octanol–water partition coefficient (Wildman–Crippen LogP) is 7.32. The number of methoxy groups -OCH3 is 2. The van der Waals surface area contributed by atoms with E-state index in [1.807, 2.05) is 17.2 Å². The van der Waals surface area contributed by atoms with Crippen LogP contribution in [0, 0.1) is 15.5 Å². The van der Waals surface area contributed by atoms with E-state index in [9.17, 15) is 20.0 Å². The van der Waals surface area contributed by atoms with Gasteiger partial charge in [-0.25, -0.2) is 0 Å². The van der Waals surface area contributed by atoms with Crippen LogP contribution in [0.5, 0.6) is 34.5 Å². The van der Waals surface area contributed by atoms with Crippen LogP contribution in [0.4, 0.5) is 11.4 Å². The third-order valence-electron chi connectivity index (χ3n) is 7.43. The average Bonchev–Trinajstić information content (AvgIpc) is 3.43. The zero-order valence-corrected chi connectivity index (χ0v) is 25.7. The number of carbonyl (C=O) groups excluding carboxylic acids is 1. The number of aromatic hydroxyl groups is 1. The van der Waals surface area contributed by atoms with Crippen molar-refractivity contribution in [3.8, 4) is 34.5 Å². The number of fused-ring (bicyclic) bond motifs is 2. The number of benzene rings is 3. The second-order valence-corrected chi connectivity index (χ2v) is 11.4. The van der Waals surface area contributed by atoms with Crippen LogP contribution >= 0.6 is 0 Å². The molecule has 1 unspecified atom stereocenters. The van der Waals surface area contributed by atoms with Crippen LogP contribution in [0.25, 0.3) is 0 Å². The molecule has 2 aliphatic heterocycles. The lowest BCUT2D eigenvalue weighted by molar-refractivity contribution is -0.385. The van der Waals surface area contributed by atoms with Crippen molar-refractivity contribution >= 4 is 23.5 Å². The molecular weight excluding hydrogens is 566 g/mol. The van der Waals surface area contributed by atoms with E-state index in [1.165, 1.54) is 25.3 Å². The molecule has 234 valence electrons. The summed E-state index contributed by atoms with van der Waals surface area (Å²) in [5, 5.41) is 20.2. The number of carbonyl (C=O) groups is 1. The monoisotopic (exact) mass is 605 g/mol. The number of nitro groups is 1. The Kier molecular flexibility index (Phi) is 10.3. The maximum Gasteiger partial charge on any atom is 0.311 e. The van der Waals surface area contributed by atoms with Crippen molar-refractivity contribution in [2.24, 2.45) is 10.4 Å². The molecule has 0 aliphatic carbocycles. The van der Waals surface area contributed by atoms with Crippen LogP contribution in [0.1, 0.15) is 56.8 Å². The summed E-state index contributed by atoms with van der Waals surface area (Å²) in [5.41, 5.74) is 1.14. The standard InChI is InChI=1S/C20H28N2O3.C13H11NO5/c1-5-8-20(2,3)13-25-18-11-16-15(10-17(18)24-4)19(23)22-9-6-7-14(22)12-21-16;1-18-10-3-5-11(6-4-10)19-13-8-9(15)2-7-12(13)14(16)17/h10-12,14H,5-9,13H2,1-4H3;2-8,15H,1H3. The predicted molar refractivity (Wildman–Crippen MR) is 167 cm³/mol. The summed E-state index contributed by atoms with van der Waals surface area (Å²) in [6, 6.07) is 13.9. The van der Waals surface area contributed by atoms with E-state index in [-0.39, 0.29) is 34.6 Å². The molecule has 1 atom stereocenters. The maximum absolute atomic E-state index is 12.8. The van der Waals surface area contributed by atoms with Crippen molar-refractivity contribution in [3.05, 3.63) is 70.3 Å². The lowest BCUT2D eigenvalue weighted by atomic mass is 9.89. The van der Waals surface area contributed by atoms with Gasteiger partial charge in [0.25, 0.3) is 5.91 Å². The number of rotatable bonds is 10. The fourth-order valence-corrected chi connectivity index (χ4v) is 5.15. The van der Waals surface area contributed by atoms with E-state index >= 15 is 0 Å². The van der Waals surface area contributed by atoms with Gasteiger partial charge < -0.3 is 29.0 Å². The third-order valence-corrected chi connectivity index (χ3v) is 7.43. The normalized spacial score (nSPS) is 15.3. The average molecular weight is 606 g/mol. The van der Waals surface area contributed by atoms with Crippen LogP contribution in [0.2, 0.25) is 0 Å². The summed E-state index contributed by atoms with van der Waals surface area (Å²) >= 11 is 0. The molecule has 0 radical (unpaired) electrons. The number of phenolic OH excluding ortho intramolecular Hbond substituents is 1. The maximum atomic E-state index is 12.8. The first-order valence-electron chi connectivity index (χ1n) is 14.5. The molecule has 2 aliphatic rings. The minimum atomic E-state index is -0.571. The quantitative estimate of drug-likeness (QED) is 0.188. The highest BCUT2D eigenvalue weighted by molar-refractivity contribution is 6.03. The second kappa shape index (κ2) is 14.1. The number of ether oxygens (including phenoxy) is 4. The van der Waals surface area contributed by atoms with Crippen molar-refractivity contribution in [1.29, 1.82) is 0 Å². The highest BCUT2D eigenvalue weighted by Gasteiger charge is 2.32. The molecule has 1 N–H and O–H groups in total. The van der Waals surface area contributed by atoms with Crippen molar-refractivity contribution in [2.75, 3.05) is 27.4 Å². The number of nitrogens with zero attached hydrogens (tertiary/aromatic N) is 3. The van der Waals surface area contributed by atoms with Gasteiger partial charge in [-0.05, 0) is 61.1 Å². The fraction of sp³-hybridized carbons (Fsp3) is 0.394. The smallest absolute Gasteiger partial charge is 0.311 e. The zero-order valence-electron chi connectivity index (χ0n) is 25.7. The minimum absolute atomic E-state index is 0.0184. The number of hydrogen-bond donors (Lipinski definition) is 1. The molecule has 11 nitrogen and oxygen atoms in total. The first-order valence-corrected chi connectivity index (χ1v) is 14.5.